The first-order valence-corrected chi connectivity index (χ1v) is 9.17. The number of benzene rings is 2. The van der Waals surface area contributed by atoms with E-state index in [1.165, 1.54) is 0 Å². The molecule has 0 aliphatic heterocycles. The lowest BCUT2D eigenvalue weighted by Crippen LogP contribution is -2.31. The molecule has 0 heterocycles. The highest BCUT2D eigenvalue weighted by Gasteiger charge is 2.20. The molecule has 144 valence electrons. The Balaban J connectivity index is 2.16. The van der Waals surface area contributed by atoms with Crippen molar-refractivity contribution < 1.29 is 19.1 Å². The average molecular weight is 369 g/mol. The van der Waals surface area contributed by atoms with Gasteiger partial charge in [0.05, 0.1) is 17.9 Å². The third kappa shape index (κ3) is 5.33. The summed E-state index contributed by atoms with van der Waals surface area (Å²) in [5, 5.41) is 2.77. The van der Waals surface area contributed by atoms with Crippen molar-refractivity contribution in [1.29, 1.82) is 0 Å². The third-order valence-electron chi connectivity index (χ3n) is 4.14. The Kier molecular flexibility index (Phi) is 6.99. The van der Waals surface area contributed by atoms with Gasteiger partial charge in [-0.1, -0.05) is 38.1 Å². The molecule has 5 heteroatoms. The number of nitrogens with one attached hydrogen (secondary N) is 1. The van der Waals surface area contributed by atoms with Crippen LogP contribution < -0.4 is 10.1 Å². The smallest absolute Gasteiger partial charge is 0.340 e. The van der Waals surface area contributed by atoms with Gasteiger partial charge >= 0.3 is 5.97 Å². The highest BCUT2D eigenvalue weighted by molar-refractivity contribution is 6.02. The molecule has 0 saturated heterocycles. The summed E-state index contributed by atoms with van der Waals surface area (Å²) in [6.07, 6.45) is -0.723. The van der Waals surface area contributed by atoms with Crippen molar-refractivity contribution in [2.45, 2.75) is 46.6 Å². The number of amides is 1. The van der Waals surface area contributed by atoms with Crippen molar-refractivity contribution in [2.24, 2.45) is 0 Å². The van der Waals surface area contributed by atoms with Gasteiger partial charge in [0.1, 0.15) is 5.75 Å². The maximum Gasteiger partial charge on any atom is 0.340 e. The van der Waals surface area contributed by atoms with Crippen LogP contribution in [0.4, 0.5) is 5.69 Å². The molecule has 1 atom stereocenters. The average Bonchev–Trinajstić information content (AvgIpc) is 2.62. The molecule has 0 radical (unpaired) electrons. The quantitative estimate of drug-likeness (QED) is 0.719. The molecule has 0 spiro atoms. The first kappa shape index (κ1) is 20.5. The van der Waals surface area contributed by atoms with Gasteiger partial charge in [-0.05, 0) is 56.0 Å². The highest BCUT2D eigenvalue weighted by atomic mass is 16.5. The molecule has 5 nitrogen and oxygen atoms in total. The normalized spacial score (nSPS) is 11.8. The van der Waals surface area contributed by atoms with Crippen molar-refractivity contribution in [3.05, 3.63) is 59.2 Å². The Labute approximate surface area is 160 Å². The SMILES string of the molecule is CCOC(=O)c1ccccc1NC(=O)C(C)Oc1cc(C)ccc1C(C)C. The fourth-order valence-corrected chi connectivity index (χ4v) is 2.68. The lowest BCUT2D eigenvalue weighted by atomic mass is 10.0. The van der Waals surface area contributed by atoms with Crippen LogP contribution in [0, 0.1) is 6.92 Å². The summed E-state index contributed by atoms with van der Waals surface area (Å²) in [5.74, 6) is 0.178. The van der Waals surface area contributed by atoms with E-state index in [0.717, 1.165) is 11.1 Å². The number of hydrogen-bond acceptors (Lipinski definition) is 4. The van der Waals surface area contributed by atoms with Crippen molar-refractivity contribution in [2.75, 3.05) is 11.9 Å². The van der Waals surface area contributed by atoms with Crippen LogP contribution in [0.2, 0.25) is 0 Å². The molecular weight excluding hydrogens is 342 g/mol. The number of ether oxygens (including phenoxy) is 2. The van der Waals surface area contributed by atoms with E-state index >= 15 is 0 Å². The zero-order valence-electron chi connectivity index (χ0n) is 16.5. The summed E-state index contributed by atoms with van der Waals surface area (Å²) < 4.78 is 11.0. The Hall–Kier alpha value is -2.82. The number of rotatable bonds is 7. The molecule has 0 aromatic heterocycles. The van der Waals surface area contributed by atoms with Gasteiger partial charge in [0, 0.05) is 0 Å². The molecule has 2 rings (SSSR count). The van der Waals surface area contributed by atoms with E-state index < -0.39 is 12.1 Å². The standard InChI is InChI=1S/C22H27NO4/c1-6-26-22(25)18-9-7-8-10-19(18)23-21(24)16(5)27-20-13-15(4)11-12-17(20)14(2)3/h7-14,16H,6H2,1-5H3,(H,23,24). The molecule has 1 N–H and O–H groups in total. The summed E-state index contributed by atoms with van der Waals surface area (Å²) in [5.41, 5.74) is 2.84. The van der Waals surface area contributed by atoms with Gasteiger partial charge in [-0.2, -0.15) is 0 Å². The molecule has 0 aliphatic rings. The van der Waals surface area contributed by atoms with Gasteiger partial charge in [-0.3, -0.25) is 4.79 Å². The minimum atomic E-state index is -0.723. The highest BCUT2D eigenvalue weighted by Crippen LogP contribution is 2.28. The van der Waals surface area contributed by atoms with E-state index in [-0.39, 0.29) is 18.4 Å². The number of esters is 1. The van der Waals surface area contributed by atoms with Crippen LogP contribution in [0.5, 0.6) is 5.75 Å². The summed E-state index contributed by atoms with van der Waals surface area (Å²) in [4.78, 5) is 24.7. The topological polar surface area (TPSA) is 64.6 Å². The monoisotopic (exact) mass is 369 g/mol. The lowest BCUT2D eigenvalue weighted by Gasteiger charge is -2.20. The Morgan fingerprint density at radius 2 is 1.78 bits per heavy atom. The van der Waals surface area contributed by atoms with Crippen LogP contribution in [0.15, 0.2) is 42.5 Å². The van der Waals surface area contributed by atoms with E-state index in [9.17, 15) is 9.59 Å². The van der Waals surface area contributed by atoms with Gasteiger partial charge in [-0.15, -0.1) is 0 Å². The molecule has 0 aliphatic carbocycles. The Morgan fingerprint density at radius 3 is 2.44 bits per heavy atom. The summed E-state index contributed by atoms with van der Waals surface area (Å²) in [6.45, 7) is 9.84. The number of aryl methyl sites for hydroxylation is 1. The molecule has 0 fully saturated rings. The van der Waals surface area contributed by atoms with Gasteiger partial charge in [-0.25, -0.2) is 4.79 Å². The molecule has 0 bridgehead atoms. The minimum Gasteiger partial charge on any atom is -0.481 e. The van der Waals surface area contributed by atoms with E-state index in [0.29, 0.717) is 17.0 Å². The Morgan fingerprint density at radius 1 is 1.07 bits per heavy atom. The number of hydrogen-bond donors (Lipinski definition) is 1. The first-order chi connectivity index (χ1) is 12.8. The second-order valence-electron chi connectivity index (χ2n) is 6.71. The summed E-state index contributed by atoms with van der Waals surface area (Å²) >= 11 is 0. The predicted molar refractivity (Wildman–Crippen MR) is 106 cm³/mol. The second kappa shape index (κ2) is 9.21. The third-order valence-corrected chi connectivity index (χ3v) is 4.14. The van der Waals surface area contributed by atoms with E-state index in [1.54, 1.807) is 38.1 Å². The molecule has 2 aromatic rings. The molecule has 2 aromatic carbocycles. The minimum absolute atomic E-state index is 0.270. The molecule has 27 heavy (non-hydrogen) atoms. The molecule has 1 amide bonds. The van der Waals surface area contributed by atoms with Crippen LogP contribution in [0.25, 0.3) is 0 Å². The van der Waals surface area contributed by atoms with E-state index in [4.69, 9.17) is 9.47 Å². The fourth-order valence-electron chi connectivity index (χ4n) is 2.68. The van der Waals surface area contributed by atoms with Crippen molar-refractivity contribution in [3.8, 4) is 5.75 Å². The first-order valence-electron chi connectivity index (χ1n) is 9.17. The maximum atomic E-state index is 12.6. The van der Waals surface area contributed by atoms with Crippen LogP contribution in [0.3, 0.4) is 0 Å². The van der Waals surface area contributed by atoms with Gasteiger partial charge < -0.3 is 14.8 Å². The van der Waals surface area contributed by atoms with Gasteiger partial charge in [0.15, 0.2) is 6.10 Å². The van der Waals surface area contributed by atoms with Crippen molar-refractivity contribution >= 4 is 17.6 Å². The zero-order chi connectivity index (χ0) is 20.0. The number of anilines is 1. The van der Waals surface area contributed by atoms with Crippen LogP contribution in [-0.4, -0.2) is 24.6 Å². The summed E-state index contributed by atoms with van der Waals surface area (Å²) in [6, 6.07) is 12.8. The van der Waals surface area contributed by atoms with Crippen LogP contribution in [0.1, 0.15) is 55.1 Å². The van der Waals surface area contributed by atoms with Gasteiger partial charge in [0.2, 0.25) is 0 Å². The zero-order valence-corrected chi connectivity index (χ0v) is 16.5. The van der Waals surface area contributed by atoms with Crippen molar-refractivity contribution in [3.63, 3.8) is 0 Å². The van der Waals surface area contributed by atoms with Crippen LogP contribution >= 0.6 is 0 Å². The van der Waals surface area contributed by atoms with Crippen molar-refractivity contribution in [1.82, 2.24) is 0 Å². The number of para-hydroxylation sites is 1. The number of carbonyl (C=O) groups is 2. The van der Waals surface area contributed by atoms with E-state index in [2.05, 4.69) is 19.2 Å². The maximum absolute atomic E-state index is 12.6. The lowest BCUT2D eigenvalue weighted by molar-refractivity contribution is -0.122. The van der Waals surface area contributed by atoms with Gasteiger partial charge in [0.25, 0.3) is 5.91 Å². The fraction of sp³-hybridized carbons (Fsp3) is 0.364. The Bertz CT molecular complexity index is 814. The molecule has 0 saturated carbocycles. The number of carbonyl (C=O) groups excluding carboxylic acids is 2. The molecule has 1 unspecified atom stereocenters. The van der Waals surface area contributed by atoms with Crippen LogP contribution in [-0.2, 0) is 9.53 Å². The summed E-state index contributed by atoms with van der Waals surface area (Å²) in [7, 11) is 0. The second-order valence-corrected chi connectivity index (χ2v) is 6.71. The predicted octanol–water partition coefficient (Wildman–Crippen LogP) is 4.70. The largest absolute Gasteiger partial charge is 0.481 e. The molecular formula is C22H27NO4. The van der Waals surface area contributed by atoms with E-state index in [1.807, 2.05) is 25.1 Å².